The molecule has 0 unspecified atom stereocenters. The summed E-state index contributed by atoms with van der Waals surface area (Å²) in [6.07, 6.45) is 2.16. The molecule has 0 aromatic heterocycles. The fraction of sp³-hybridized carbons (Fsp3) is 0.333. The summed E-state index contributed by atoms with van der Waals surface area (Å²) in [6.45, 7) is 0.0446. The number of hydrogen-bond donors (Lipinski definition) is 2. The van der Waals surface area contributed by atoms with Crippen LogP contribution >= 0.6 is 12.2 Å². The van der Waals surface area contributed by atoms with E-state index in [2.05, 4.69) is 5.32 Å². The third kappa shape index (κ3) is 3.71. The van der Waals surface area contributed by atoms with Gasteiger partial charge >= 0.3 is 0 Å². The highest BCUT2D eigenvalue weighted by Crippen LogP contribution is 2.18. The van der Waals surface area contributed by atoms with Gasteiger partial charge in [-0.15, -0.1) is 0 Å². The zero-order valence-electron chi connectivity index (χ0n) is 9.31. The maximum Gasteiger partial charge on any atom is 0.258 e. The van der Waals surface area contributed by atoms with Gasteiger partial charge in [0.05, 0.1) is 0 Å². The van der Waals surface area contributed by atoms with Gasteiger partial charge < -0.3 is 15.8 Å². The van der Waals surface area contributed by atoms with Gasteiger partial charge in [0.2, 0.25) is 0 Å². The molecule has 1 fully saturated rings. The number of carbonyl (C=O) groups is 1. The molecular weight excluding hydrogens is 236 g/mol. The SMILES string of the molecule is NC(=S)c1ccc(OCC(=O)NC2CC2)cc1. The standard InChI is InChI=1S/C12H14N2O2S/c13-12(17)8-1-5-10(6-2-8)16-7-11(15)14-9-3-4-9/h1-2,5-6,9H,3-4,7H2,(H2,13,17)(H,14,15). The van der Waals surface area contributed by atoms with Crippen molar-refractivity contribution >= 4 is 23.1 Å². The van der Waals surface area contributed by atoms with Crippen LogP contribution in [0.25, 0.3) is 0 Å². The molecule has 5 heteroatoms. The number of nitrogens with two attached hydrogens (primary N) is 1. The van der Waals surface area contributed by atoms with E-state index in [0.29, 0.717) is 16.8 Å². The van der Waals surface area contributed by atoms with Crippen molar-refractivity contribution in [3.63, 3.8) is 0 Å². The third-order valence-corrected chi connectivity index (χ3v) is 2.69. The Morgan fingerprint density at radius 3 is 2.59 bits per heavy atom. The molecule has 1 aromatic carbocycles. The van der Waals surface area contributed by atoms with Crippen LogP contribution in [0.1, 0.15) is 18.4 Å². The lowest BCUT2D eigenvalue weighted by Crippen LogP contribution is -2.30. The van der Waals surface area contributed by atoms with E-state index in [1.165, 1.54) is 0 Å². The molecule has 1 aromatic rings. The number of amides is 1. The van der Waals surface area contributed by atoms with E-state index >= 15 is 0 Å². The summed E-state index contributed by atoms with van der Waals surface area (Å²) in [7, 11) is 0. The quantitative estimate of drug-likeness (QED) is 0.765. The van der Waals surface area contributed by atoms with E-state index in [0.717, 1.165) is 18.4 Å². The minimum absolute atomic E-state index is 0.0446. The molecule has 0 heterocycles. The Labute approximate surface area is 105 Å². The van der Waals surface area contributed by atoms with Gasteiger partial charge in [0.25, 0.3) is 5.91 Å². The lowest BCUT2D eigenvalue weighted by Gasteiger charge is -2.07. The van der Waals surface area contributed by atoms with E-state index in [9.17, 15) is 4.79 Å². The summed E-state index contributed by atoms with van der Waals surface area (Å²) in [4.78, 5) is 11.7. The maximum absolute atomic E-state index is 11.4. The average Bonchev–Trinajstić information content (AvgIpc) is 3.11. The Morgan fingerprint density at radius 2 is 2.06 bits per heavy atom. The summed E-state index contributed by atoms with van der Waals surface area (Å²) in [5, 5.41) is 2.85. The van der Waals surface area contributed by atoms with Gasteiger partial charge in [-0.3, -0.25) is 4.79 Å². The summed E-state index contributed by atoms with van der Waals surface area (Å²) < 4.78 is 5.34. The van der Waals surface area contributed by atoms with Crippen LogP contribution in [0.15, 0.2) is 24.3 Å². The molecule has 1 aliphatic carbocycles. The van der Waals surface area contributed by atoms with Gasteiger partial charge in [-0.05, 0) is 37.1 Å². The van der Waals surface area contributed by atoms with Crippen molar-refractivity contribution in [3.8, 4) is 5.75 Å². The largest absolute Gasteiger partial charge is 0.484 e. The molecule has 17 heavy (non-hydrogen) atoms. The first-order valence-corrected chi connectivity index (χ1v) is 5.88. The van der Waals surface area contributed by atoms with Crippen molar-refractivity contribution in [3.05, 3.63) is 29.8 Å². The first kappa shape index (κ1) is 11.9. The van der Waals surface area contributed by atoms with Gasteiger partial charge in [0.15, 0.2) is 6.61 Å². The number of rotatable bonds is 5. The zero-order chi connectivity index (χ0) is 12.3. The minimum atomic E-state index is -0.0778. The highest BCUT2D eigenvalue weighted by Gasteiger charge is 2.23. The highest BCUT2D eigenvalue weighted by molar-refractivity contribution is 7.80. The predicted molar refractivity (Wildman–Crippen MR) is 69.0 cm³/mol. The van der Waals surface area contributed by atoms with Crippen LogP contribution in [-0.2, 0) is 4.79 Å². The number of nitrogens with one attached hydrogen (secondary N) is 1. The second-order valence-corrected chi connectivity index (χ2v) is 4.46. The topological polar surface area (TPSA) is 64.3 Å². The average molecular weight is 250 g/mol. The fourth-order valence-electron chi connectivity index (χ4n) is 1.36. The number of carbonyl (C=O) groups excluding carboxylic acids is 1. The van der Waals surface area contributed by atoms with Gasteiger partial charge in [0.1, 0.15) is 10.7 Å². The molecule has 0 spiro atoms. The summed E-state index contributed by atoms with van der Waals surface area (Å²) in [6, 6.07) is 7.41. The minimum Gasteiger partial charge on any atom is -0.484 e. The van der Waals surface area contributed by atoms with Crippen molar-refractivity contribution in [1.29, 1.82) is 0 Å². The van der Waals surface area contributed by atoms with Gasteiger partial charge in [-0.1, -0.05) is 12.2 Å². The van der Waals surface area contributed by atoms with Crippen LogP contribution in [0.5, 0.6) is 5.75 Å². The number of ether oxygens (including phenoxy) is 1. The van der Waals surface area contributed by atoms with Crippen LogP contribution in [-0.4, -0.2) is 23.5 Å². The van der Waals surface area contributed by atoms with Crippen LogP contribution in [0.2, 0.25) is 0 Å². The lowest BCUT2D eigenvalue weighted by atomic mass is 10.2. The van der Waals surface area contributed by atoms with E-state index in [-0.39, 0.29) is 12.5 Å². The Kier molecular flexibility index (Phi) is 3.58. The summed E-state index contributed by atoms with van der Waals surface area (Å²) >= 11 is 4.84. The third-order valence-electron chi connectivity index (χ3n) is 2.45. The van der Waals surface area contributed by atoms with Gasteiger partial charge in [-0.2, -0.15) is 0 Å². The van der Waals surface area contributed by atoms with E-state index in [1.54, 1.807) is 24.3 Å². The molecule has 0 radical (unpaired) electrons. The number of thiocarbonyl (C=S) groups is 1. The molecule has 1 aliphatic rings. The summed E-state index contributed by atoms with van der Waals surface area (Å²) in [5.74, 6) is 0.557. The van der Waals surface area contributed by atoms with Crippen molar-refractivity contribution in [1.82, 2.24) is 5.32 Å². The monoisotopic (exact) mass is 250 g/mol. The Balaban J connectivity index is 1.81. The molecule has 0 aliphatic heterocycles. The molecule has 0 atom stereocenters. The second-order valence-electron chi connectivity index (χ2n) is 4.02. The van der Waals surface area contributed by atoms with Crippen LogP contribution in [0.3, 0.4) is 0 Å². The van der Waals surface area contributed by atoms with E-state index in [4.69, 9.17) is 22.7 Å². The van der Waals surface area contributed by atoms with Crippen molar-refractivity contribution < 1.29 is 9.53 Å². The molecular formula is C12H14N2O2S. The van der Waals surface area contributed by atoms with Gasteiger partial charge in [0, 0.05) is 11.6 Å². The Hall–Kier alpha value is -1.62. The van der Waals surface area contributed by atoms with E-state index < -0.39 is 0 Å². The molecule has 2 rings (SSSR count). The smallest absolute Gasteiger partial charge is 0.258 e. The molecule has 3 N–H and O–H groups in total. The first-order valence-electron chi connectivity index (χ1n) is 5.47. The molecule has 1 saturated carbocycles. The van der Waals surface area contributed by atoms with E-state index in [1.807, 2.05) is 0 Å². The van der Waals surface area contributed by atoms with Gasteiger partial charge in [-0.25, -0.2) is 0 Å². The zero-order valence-corrected chi connectivity index (χ0v) is 10.1. The van der Waals surface area contributed by atoms with Crippen LogP contribution in [0.4, 0.5) is 0 Å². The molecule has 0 saturated heterocycles. The predicted octanol–water partition coefficient (Wildman–Crippen LogP) is 0.978. The molecule has 90 valence electrons. The van der Waals surface area contributed by atoms with Crippen molar-refractivity contribution in [2.75, 3.05) is 6.61 Å². The van der Waals surface area contributed by atoms with Crippen molar-refractivity contribution in [2.24, 2.45) is 5.73 Å². The molecule has 4 nitrogen and oxygen atoms in total. The summed E-state index contributed by atoms with van der Waals surface area (Å²) in [5.41, 5.74) is 6.26. The lowest BCUT2D eigenvalue weighted by molar-refractivity contribution is -0.123. The first-order chi connectivity index (χ1) is 8.15. The molecule has 1 amide bonds. The second kappa shape index (κ2) is 5.14. The van der Waals surface area contributed by atoms with Crippen LogP contribution in [0, 0.1) is 0 Å². The normalized spacial score (nSPS) is 14.1. The van der Waals surface area contributed by atoms with Crippen molar-refractivity contribution in [2.45, 2.75) is 18.9 Å². The molecule has 0 bridgehead atoms. The Bertz CT molecular complexity index is 427. The van der Waals surface area contributed by atoms with Crippen LogP contribution < -0.4 is 15.8 Å². The fourth-order valence-corrected chi connectivity index (χ4v) is 1.50. The maximum atomic E-state index is 11.4. The highest BCUT2D eigenvalue weighted by atomic mass is 32.1. The number of hydrogen-bond acceptors (Lipinski definition) is 3. The number of benzene rings is 1. The Morgan fingerprint density at radius 1 is 1.41 bits per heavy atom.